The Labute approximate surface area is 92.6 Å². The lowest BCUT2D eigenvalue weighted by Gasteiger charge is -2.25. The summed E-state index contributed by atoms with van der Waals surface area (Å²) in [7, 11) is 1.95. The summed E-state index contributed by atoms with van der Waals surface area (Å²) in [6.07, 6.45) is 0. The van der Waals surface area contributed by atoms with E-state index in [4.69, 9.17) is 11.6 Å². The predicted molar refractivity (Wildman–Crippen MR) is 61.2 cm³/mol. The SMILES string of the molecule is CNC(C)(C)c1ccc(Cl)cc1Br. The van der Waals surface area contributed by atoms with Gasteiger partial charge in [0.1, 0.15) is 0 Å². The average molecular weight is 263 g/mol. The third-order valence-corrected chi connectivity index (χ3v) is 3.12. The molecule has 0 atom stereocenters. The number of halogens is 2. The third kappa shape index (κ3) is 2.46. The molecule has 1 aromatic rings. The zero-order valence-corrected chi connectivity index (χ0v) is 10.3. The Hall–Kier alpha value is -0.0500. The Morgan fingerprint density at radius 3 is 2.46 bits per heavy atom. The second-order valence-corrected chi connectivity index (χ2v) is 4.79. The first-order valence-corrected chi connectivity index (χ1v) is 5.29. The molecule has 0 unspecified atom stereocenters. The van der Waals surface area contributed by atoms with Crippen molar-refractivity contribution in [2.24, 2.45) is 0 Å². The largest absolute Gasteiger partial charge is 0.311 e. The van der Waals surface area contributed by atoms with Crippen LogP contribution in [0.15, 0.2) is 22.7 Å². The minimum atomic E-state index is -0.0383. The Morgan fingerprint density at radius 1 is 1.38 bits per heavy atom. The van der Waals surface area contributed by atoms with Crippen LogP contribution in [0.25, 0.3) is 0 Å². The van der Waals surface area contributed by atoms with Crippen LogP contribution in [0.4, 0.5) is 0 Å². The van der Waals surface area contributed by atoms with Crippen LogP contribution < -0.4 is 5.32 Å². The molecule has 0 aliphatic carbocycles. The topological polar surface area (TPSA) is 12.0 Å². The average Bonchev–Trinajstić information content (AvgIpc) is 2.03. The molecule has 0 aliphatic heterocycles. The standard InChI is InChI=1S/C10H13BrClN/c1-10(2,13-3)8-5-4-7(12)6-9(8)11/h4-6,13H,1-3H3. The number of nitrogens with one attached hydrogen (secondary N) is 1. The molecule has 1 N–H and O–H groups in total. The van der Waals surface area contributed by atoms with Gasteiger partial charge in [-0.1, -0.05) is 33.6 Å². The second kappa shape index (κ2) is 3.99. The highest BCUT2D eigenvalue weighted by Gasteiger charge is 2.20. The molecule has 0 bridgehead atoms. The van der Waals surface area contributed by atoms with E-state index >= 15 is 0 Å². The van der Waals surface area contributed by atoms with Crippen LogP contribution in [-0.4, -0.2) is 7.05 Å². The maximum absolute atomic E-state index is 5.86. The Bertz CT molecular complexity index is 310. The van der Waals surface area contributed by atoms with Crippen molar-refractivity contribution in [2.75, 3.05) is 7.05 Å². The minimum absolute atomic E-state index is 0.0383. The minimum Gasteiger partial charge on any atom is -0.311 e. The van der Waals surface area contributed by atoms with Gasteiger partial charge in [0.05, 0.1) is 0 Å². The monoisotopic (exact) mass is 261 g/mol. The van der Waals surface area contributed by atoms with Gasteiger partial charge in [0.25, 0.3) is 0 Å². The normalized spacial score (nSPS) is 11.8. The first kappa shape index (κ1) is 11.0. The van der Waals surface area contributed by atoms with E-state index in [1.165, 1.54) is 5.56 Å². The maximum atomic E-state index is 5.86. The highest BCUT2D eigenvalue weighted by molar-refractivity contribution is 9.10. The second-order valence-electron chi connectivity index (χ2n) is 3.50. The summed E-state index contributed by atoms with van der Waals surface area (Å²) in [4.78, 5) is 0. The lowest BCUT2D eigenvalue weighted by atomic mass is 9.95. The van der Waals surface area contributed by atoms with Gasteiger partial charge in [-0.15, -0.1) is 0 Å². The van der Waals surface area contributed by atoms with Crippen LogP contribution in [0.3, 0.4) is 0 Å². The maximum Gasteiger partial charge on any atom is 0.0417 e. The van der Waals surface area contributed by atoms with E-state index < -0.39 is 0 Å². The molecule has 0 radical (unpaired) electrons. The van der Waals surface area contributed by atoms with Gasteiger partial charge in [0.2, 0.25) is 0 Å². The molecular weight excluding hydrogens is 249 g/mol. The quantitative estimate of drug-likeness (QED) is 0.859. The molecule has 0 saturated carbocycles. The zero-order chi connectivity index (χ0) is 10.1. The number of hydrogen-bond acceptors (Lipinski definition) is 1. The van der Waals surface area contributed by atoms with Gasteiger partial charge in [0, 0.05) is 15.0 Å². The molecule has 0 aromatic heterocycles. The van der Waals surface area contributed by atoms with Gasteiger partial charge >= 0.3 is 0 Å². The Kier molecular flexibility index (Phi) is 3.38. The van der Waals surface area contributed by atoms with E-state index in [2.05, 4.69) is 35.1 Å². The lowest BCUT2D eigenvalue weighted by Crippen LogP contribution is -2.33. The molecule has 0 amide bonds. The smallest absolute Gasteiger partial charge is 0.0417 e. The summed E-state index contributed by atoms with van der Waals surface area (Å²) in [5.41, 5.74) is 1.17. The van der Waals surface area contributed by atoms with Crippen LogP contribution in [-0.2, 0) is 5.54 Å². The van der Waals surface area contributed by atoms with Crippen molar-refractivity contribution in [3.63, 3.8) is 0 Å². The van der Waals surface area contributed by atoms with Crippen LogP contribution in [0.1, 0.15) is 19.4 Å². The summed E-state index contributed by atoms with van der Waals surface area (Å²) in [5.74, 6) is 0. The number of rotatable bonds is 2. The van der Waals surface area contributed by atoms with E-state index in [1.807, 2.05) is 25.2 Å². The van der Waals surface area contributed by atoms with Gasteiger partial charge in [-0.05, 0) is 38.6 Å². The van der Waals surface area contributed by atoms with E-state index in [0.29, 0.717) is 0 Å². The molecule has 0 fully saturated rings. The molecule has 0 saturated heterocycles. The van der Waals surface area contributed by atoms with Gasteiger partial charge < -0.3 is 5.32 Å². The number of benzene rings is 1. The molecule has 0 aliphatic rings. The molecule has 1 rings (SSSR count). The van der Waals surface area contributed by atoms with Gasteiger partial charge in [-0.25, -0.2) is 0 Å². The molecule has 0 heterocycles. The van der Waals surface area contributed by atoms with Crippen molar-refractivity contribution >= 4 is 27.5 Å². The van der Waals surface area contributed by atoms with Crippen molar-refractivity contribution in [3.8, 4) is 0 Å². The van der Waals surface area contributed by atoms with Crippen molar-refractivity contribution in [1.29, 1.82) is 0 Å². The Morgan fingerprint density at radius 2 is 2.00 bits per heavy atom. The molecular formula is C10H13BrClN. The summed E-state index contributed by atoms with van der Waals surface area (Å²) in [6.45, 7) is 4.25. The van der Waals surface area contributed by atoms with Gasteiger partial charge in [-0.3, -0.25) is 0 Å². The van der Waals surface area contributed by atoms with Gasteiger partial charge in [0.15, 0.2) is 0 Å². The molecule has 13 heavy (non-hydrogen) atoms. The fraction of sp³-hybridized carbons (Fsp3) is 0.400. The first-order valence-electron chi connectivity index (χ1n) is 4.12. The van der Waals surface area contributed by atoms with E-state index in [1.54, 1.807) is 0 Å². The molecule has 1 aromatic carbocycles. The summed E-state index contributed by atoms with van der Waals surface area (Å²) >= 11 is 9.36. The third-order valence-electron chi connectivity index (χ3n) is 2.23. The van der Waals surface area contributed by atoms with E-state index in [-0.39, 0.29) is 5.54 Å². The molecule has 72 valence electrons. The van der Waals surface area contributed by atoms with Crippen molar-refractivity contribution in [3.05, 3.63) is 33.3 Å². The van der Waals surface area contributed by atoms with Gasteiger partial charge in [-0.2, -0.15) is 0 Å². The highest BCUT2D eigenvalue weighted by Crippen LogP contribution is 2.29. The van der Waals surface area contributed by atoms with Crippen LogP contribution >= 0.6 is 27.5 Å². The van der Waals surface area contributed by atoms with Crippen LogP contribution in [0, 0.1) is 0 Å². The van der Waals surface area contributed by atoms with Crippen molar-refractivity contribution in [2.45, 2.75) is 19.4 Å². The molecule has 0 spiro atoms. The van der Waals surface area contributed by atoms with Crippen LogP contribution in [0.2, 0.25) is 5.02 Å². The fourth-order valence-electron chi connectivity index (χ4n) is 1.13. The fourth-order valence-corrected chi connectivity index (χ4v) is 2.31. The summed E-state index contributed by atoms with van der Waals surface area (Å²) < 4.78 is 1.04. The Balaban J connectivity index is 3.16. The van der Waals surface area contributed by atoms with Crippen LogP contribution in [0.5, 0.6) is 0 Å². The summed E-state index contributed by atoms with van der Waals surface area (Å²) in [5, 5.41) is 4.00. The predicted octanol–water partition coefficient (Wildman–Crippen LogP) is 3.56. The highest BCUT2D eigenvalue weighted by atomic mass is 79.9. The number of hydrogen-bond donors (Lipinski definition) is 1. The van der Waals surface area contributed by atoms with Crippen molar-refractivity contribution in [1.82, 2.24) is 5.32 Å². The molecule has 3 heteroatoms. The lowest BCUT2D eigenvalue weighted by molar-refractivity contribution is 0.442. The first-order chi connectivity index (χ1) is 5.97. The zero-order valence-electron chi connectivity index (χ0n) is 7.99. The van der Waals surface area contributed by atoms with Crippen molar-refractivity contribution < 1.29 is 0 Å². The molecule has 1 nitrogen and oxygen atoms in total. The van der Waals surface area contributed by atoms with E-state index in [0.717, 1.165) is 9.50 Å². The summed E-state index contributed by atoms with van der Waals surface area (Å²) in [6, 6.07) is 5.85. The van der Waals surface area contributed by atoms with E-state index in [9.17, 15) is 0 Å².